The number of halogens is 2. The van der Waals surface area contributed by atoms with Crippen LogP contribution in [0.15, 0.2) is 109 Å². The number of hydrogen-bond acceptors (Lipinski definition) is 5. The fourth-order valence-corrected chi connectivity index (χ4v) is 4.16. The van der Waals surface area contributed by atoms with Crippen molar-refractivity contribution in [2.45, 2.75) is 38.9 Å². The van der Waals surface area contributed by atoms with Crippen LogP contribution in [0.3, 0.4) is 0 Å². The summed E-state index contributed by atoms with van der Waals surface area (Å²) in [6.07, 6.45) is 0.258. The van der Waals surface area contributed by atoms with Crippen LogP contribution in [0.2, 0.25) is 0 Å². The van der Waals surface area contributed by atoms with Crippen LogP contribution in [-0.2, 0) is 0 Å². The molecule has 4 aromatic rings. The second-order valence-electron chi connectivity index (χ2n) is 9.63. The van der Waals surface area contributed by atoms with Crippen molar-refractivity contribution in [3.05, 3.63) is 131 Å². The SMILES string of the molecule is Br.Br.CNCC[C@@H](Oc1ccccc1C)c1ccccc1.CNCC[C@@H](Oc1ccccc1C)c1ccccc1.O=C(O)O. The lowest BCUT2D eigenvalue weighted by atomic mass is 10.1. The first kappa shape index (κ1) is 40.6. The molecule has 4 N–H and O–H groups in total. The molecule has 44 heavy (non-hydrogen) atoms. The van der Waals surface area contributed by atoms with Gasteiger partial charge in [0, 0.05) is 12.8 Å². The molecule has 0 amide bonds. The predicted octanol–water partition coefficient (Wildman–Crippen LogP) is 8.83. The van der Waals surface area contributed by atoms with Crippen molar-refractivity contribution >= 4 is 40.1 Å². The summed E-state index contributed by atoms with van der Waals surface area (Å²) in [5, 5.41) is 20.3. The summed E-state index contributed by atoms with van der Waals surface area (Å²) in [6.45, 7) is 6.03. The van der Waals surface area contributed by atoms with Gasteiger partial charge in [-0.3, -0.25) is 0 Å². The van der Waals surface area contributed by atoms with E-state index in [1.54, 1.807) is 0 Å². The van der Waals surface area contributed by atoms with Crippen molar-refractivity contribution in [3.8, 4) is 11.5 Å². The minimum Gasteiger partial charge on any atom is -0.485 e. The van der Waals surface area contributed by atoms with Gasteiger partial charge in [-0.05, 0) is 75.4 Å². The highest BCUT2D eigenvalue weighted by Crippen LogP contribution is 2.28. The Morgan fingerprint density at radius 3 is 1.18 bits per heavy atom. The molecule has 0 aliphatic carbocycles. The summed E-state index contributed by atoms with van der Waals surface area (Å²) in [4.78, 5) is 8.56. The number of benzene rings is 4. The normalized spacial score (nSPS) is 11.0. The summed E-state index contributed by atoms with van der Waals surface area (Å²) >= 11 is 0. The highest BCUT2D eigenvalue weighted by molar-refractivity contribution is 8.93. The van der Waals surface area contributed by atoms with Crippen molar-refractivity contribution in [2.24, 2.45) is 0 Å². The summed E-state index contributed by atoms with van der Waals surface area (Å²) in [6, 6.07) is 37.1. The fraction of sp³-hybridized carbons (Fsp3) is 0.286. The summed E-state index contributed by atoms with van der Waals surface area (Å²) < 4.78 is 12.4. The first-order valence-corrected chi connectivity index (χ1v) is 14.1. The predicted molar refractivity (Wildman–Crippen MR) is 190 cm³/mol. The van der Waals surface area contributed by atoms with Gasteiger partial charge in [0.1, 0.15) is 23.7 Å². The van der Waals surface area contributed by atoms with Crippen molar-refractivity contribution in [1.29, 1.82) is 0 Å². The number of para-hydroxylation sites is 2. The number of ether oxygens (including phenoxy) is 2. The second kappa shape index (κ2) is 24.0. The van der Waals surface area contributed by atoms with Crippen LogP contribution in [0.4, 0.5) is 4.79 Å². The first-order valence-electron chi connectivity index (χ1n) is 14.1. The fourth-order valence-electron chi connectivity index (χ4n) is 4.16. The molecule has 0 fully saturated rings. The minimum atomic E-state index is -1.83. The Morgan fingerprint density at radius 1 is 0.591 bits per heavy atom. The third-order valence-corrected chi connectivity index (χ3v) is 6.38. The molecule has 2 atom stereocenters. The quantitative estimate of drug-likeness (QED) is 0.116. The third kappa shape index (κ3) is 15.9. The van der Waals surface area contributed by atoms with Gasteiger partial charge in [0.25, 0.3) is 0 Å². The molecule has 9 heteroatoms. The van der Waals surface area contributed by atoms with Gasteiger partial charge < -0.3 is 30.3 Å². The maximum absolute atomic E-state index is 8.56. The average molecular weight is 735 g/mol. The van der Waals surface area contributed by atoms with Gasteiger partial charge in [0.2, 0.25) is 0 Å². The van der Waals surface area contributed by atoms with E-state index in [9.17, 15) is 0 Å². The number of carboxylic acid groups (broad SMARTS) is 2. The van der Waals surface area contributed by atoms with Crippen LogP contribution in [0.5, 0.6) is 11.5 Å². The Labute approximate surface area is 283 Å². The zero-order valence-corrected chi connectivity index (χ0v) is 29.2. The summed E-state index contributed by atoms with van der Waals surface area (Å²) in [5.41, 5.74) is 4.79. The molecule has 0 bridgehead atoms. The number of nitrogens with one attached hydrogen (secondary N) is 2. The van der Waals surface area contributed by atoms with Gasteiger partial charge in [-0.25, -0.2) is 4.79 Å². The van der Waals surface area contributed by atoms with Gasteiger partial charge in [0.05, 0.1) is 0 Å². The molecule has 0 aliphatic heterocycles. The Hall–Kier alpha value is -3.37. The van der Waals surface area contributed by atoms with Gasteiger partial charge >= 0.3 is 6.16 Å². The molecule has 0 unspecified atom stereocenters. The Bertz CT molecular complexity index is 1200. The lowest BCUT2D eigenvalue weighted by molar-refractivity contribution is 0.137. The third-order valence-electron chi connectivity index (χ3n) is 6.38. The lowest BCUT2D eigenvalue weighted by Gasteiger charge is -2.20. The van der Waals surface area contributed by atoms with E-state index in [-0.39, 0.29) is 46.2 Å². The molecule has 0 spiro atoms. The van der Waals surface area contributed by atoms with Gasteiger partial charge in [-0.15, -0.1) is 34.0 Å². The largest absolute Gasteiger partial charge is 0.503 e. The van der Waals surface area contributed by atoms with E-state index in [0.29, 0.717) is 0 Å². The number of aryl methyl sites for hydroxylation is 2. The molecule has 7 nitrogen and oxygen atoms in total. The van der Waals surface area contributed by atoms with E-state index in [1.807, 2.05) is 62.6 Å². The molecular weight excluding hydrogens is 688 g/mol. The number of hydrogen-bond donors (Lipinski definition) is 4. The van der Waals surface area contributed by atoms with Crippen LogP contribution < -0.4 is 20.1 Å². The molecule has 4 aromatic carbocycles. The zero-order chi connectivity index (χ0) is 30.6. The highest BCUT2D eigenvalue weighted by Gasteiger charge is 2.14. The van der Waals surface area contributed by atoms with E-state index >= 15 is 0 Å². The standard InChI is InChI=1S/2C17H21NO.CH2O3.2BrH/c2*1-14-8-6-7-11-16(14)19-17(12-13-18-2)15-9-4-3-5-10-15;2-1(3)4;;/h2*3-11,17-18H,12-13H2,1-2H3;(H2,2,3,4);2*1H/t2*17-;;;/m11.../s1. The van der Waals surface area contributed by atoms with Crippen molar-refractivity contribution in [2.75, 3.05) is 27.2 Å². The monoisotopic (exact) mass is 732 g/mol. The molecule has 0 aromatic heterocycles. The van der Waals surface area contributed by atoms with Crippen LogP contribution >= 0.6 is 34.0 Å². The van der Waals surface area contributed by atoms with Gasteiger partial charge in [-0.1, -0.05) is 97.1 Å². The molecule has 4 rings (SSSR count). The second-order valence-corrected chi connectivity index (χ2v) is 9.63. The molecule has 240 valence electrons. The maximum Gasteiger partial charge on any atom is 0.503 e. The first-order chi connectivity index (χ1) is 20.3. The number of carbonyl (C=O) groups is 1. The van der Waals surface area contributed by atoms with Crippen molar-refractivity contribution < 1.29 is 24.5 Å². The van der Waals surface area contributed by atoms with Gasteiger partial charge in [-0.2, -0.15) is 0 Å². The maximum atomic E-state index is 8.56. The smallest absolute Gasteiger partial charge is 0.485 e. The van der Waals surface area contributed by atoms with Crippen molar-refractivity contribution in [1.82, 2.24) is 10.6 Å². The summed E-state index contributed by atoms with van der Waals surface area (Å²) in [7, 11) is 3.94. The molecule has 0 aliphatic rings. The summed E-state index contributed by atoms with van der Waals surface area (Å²) in [5.74, 6) is 1.93. The van der Waals surface area contributed by atoms with Crippen molar-refractivity contribution in [3.63, 3.8) is 0 Å². The number of rotatable bonds is 12. The Balaban J connectivity index is 0.000000720. The molecule has 0 radical (unpaired) electrons. The zero-order valence-electron chi connectivity index (χ0n) is 25.8. The van der Waals surface area contributed by atoms with E-state index < -0.39 is 6.16 Å². The highest BCUT2D eigenvalue weighted by atomic mass is 79.9. The molecule has 0 heterocycles. The van der Waals surface area contributed by atoms with Crippen LogP contribution in [0.1, 0.15) is 47.3 Å². The van der Waals surface area contributed by atoms with E-state index in [0.717, 1.165) is 37.4 Å². The Morgan fingerprint density at radius 2 is 0.886 bits per heavy atom. The Kier molecular flexibility index (Phi) is 22.2. The molecule has 0 saturated heterocycles. The lowest BCUT2D eigenvalue weighted by Crippen LogP contribution is -2.16. The van der Waals surface area contributed by atoms with Crippen LogP contribution in [-0.4, -0.2) is 43.6 Å². The minimum absolute atomic E-state index is 0. The van der Waals surface area contributed by atoms with E-state index in [4.69, 9.17) is 24.5 Å². The van der Waals surface area contributed by atoms with Gasteiger partial charge in [0.15, 0.2) is 0 Å². The van der Waals surface area contributed by atoms with Crippen LogP contribution in [0, 0.1) is 13.8 Å². The molecular formula is C35H46Br2N2O5. The van der Waals surface area contributed by atoms with Crippen LogP contribution in [0.25, 0.3) is 0 Å². The topological polar surface area (TPSA) is 100 Å². The van der Waals surface area contributed by atoms with E-state index in [2.05, 4.69) is 85.1 Å². The molecule has 0 saturated carbocycles. The van der Waals surface area contributed by atoms with E-state index in [1.165, 1.54) is 22.3 Å². The average Bonchev–Trinajstić information content (AvgIpc) is 3.00.